The van der Waals surface area contributed by atoms with Gasteiger partial charge in [-0.3, -0.25) is 9.89 Å². The lowest BCUT2D eigenvalue weighted by molar-refractivity contribution is -0.113. The molecule has 8 nitrogen and oxygen atoms in total. The Kier molecular flexibility index (Phi) is 6.18. The SMILES string of the molecule is C[C@@H]1C[C@H](C)CN(S(=O)(=O)c2ccc(NC(=O)CSc3ncn[nH]3)cc2)C1. The fraction of sp³-hybridized carbons (Fsp3) is 0.471. The number of aromatic nitrogens is 3. The first-order valence-electron chi connectivity index (χ1n) is 8.73. The Balaban J connectivity index is 1.61. The van der Waals surface area contributed by atoms with E-state index < -0.39 is 10.0 Å². The quantitative estimate of drug-likeness (QED) is 0.708. The van der Waals surface area contributed by atoms with Crippen LogP contribution in [0.4, 0.5) is 5.69 Å². The Morgan fingerprint density at radius 1 is 1.26 bits per heavy atom. The second-order valence-electron chi connectivity index (χ2n) is 6.92. The molecule has 0 unspecified atom stereocenters. The maximum absolute atomic E-state index is 12.9. The second-order valence-corrected chi connectivity index (χ2v) is 9.82. The van der Waals surface area contributed by atoms with Crippen molar-refractivity contribution >= 4 is 33.4 Å². The lowest BCUT2D eigenvalue weighted by atomic mass is 9.94. The number of nitrogens with one attached hydrogen (secondary N) is 2. The normalized spacial score (nSPS) is 21.1. The molecule has 0 spiro atoms. The molecule has 1 fully saturated rings. The number of sulfonamides is 1. The number of aromatic amines is 1. The van der Waals surface area contributed by atoms with E-state index in [-0.39, 0.29) is 16.6 Å². The Morgan fingerprint density at radius 2 is 1.93 bits per heavy atom. The van der Waals surface area contributed by atoms with Crippen LogP contribution in [0.15, 0.2) is 40.6 Å². The number of H-pyrrole nitrogens is 1. The number of hydrogen-bond acceptors (Lipinski definition) is 6. The molecule has 27 heavy (non-hydrogen) atoms. The highest BCUT2D eigenvalue weighted by Gasteiger charge is 2.31. The summed E-state index contributed by atoms with van der Waals surface area (Å²) in [7, 11) is -3.52. The minimum absolute atomic E-state index is 0.179. The third kappa shape index (κ3) is 5.08. The summed E-state index contributed by atoms with van der Waals surface area (Å²) in [4.78, 5) is 16.2. The summed E-state index contributed by atoms with van der Waals surface area (Å²) in [5, 5.41) is 9.70. The standard InChI is InChI=1S/C17H23N5O3S2/c1-12-7-13(2)9-22(8-12)27(24,25)15-5-3-14(4-6-15)20-16(23)10-26-17-18-11-19-21-17/h3-6,11-13H,7-10H2,1-2H3,(H,20,23)(H,18,19,21)/t12-,13+. The molecule has 1 amide bonds. The molecule has 2 atom stereocenters. The number of thioether (sulfide) groups is 1. The van der Waals surface area contributed by atoms with Crippen molar-refractivity contribution in [1.29, 1.82) is 0 Å². The van der Waals surface area contributed by atoms with Gasteiger partial charge in [0.2, 0.25) is 15.9 Å². The number of nitrogens with zero attached hydrogens (tertiary/aromatic N) is 3. The predicted molar refractivity (Wildman–Crippen MR) is 104 cm³/mol. The molecule has 3 rings (SSSR count). The van der Waals surface area contributed by atoms with Crippen LogP contribution < -0.4 is 5.32 Å². The fourth-order valence-corrected chi connectivity index (χ4v) is 5.51. The predicted octanol–water partition coefficient (Wildman–Crippen LogP) is 2.20. The van der Waals surface area contributed by atoms with Crippen molar-refractivity contribution < 1.29 is 13.2 Å². The number of amides is 1. The molecule has 1 aliphatic rings. The van der Waals surface area contributed by atoms with Crippen LogP contribution in [0, 0.1) is 11.8 Å². The molecule has 0 radical (unpaired) electrons. The first kappa shape index (κ1) is 19.8. The average Bonchev–Trinajstić information content (AvgIpc) is 3.13. The summed E-state index contributed by atoms with van der Waals surface area (Å²) < 4.78 is 27.3. The van der Waals surface area contributed by atoms with Crippen LogP contribution in [0.25, 0.3) is 0 Å². The molecule has 1 aliphatic heterocycles. The minimum Gasteiger partial charge on any atom is -0.325 e. The Labute approximate surface area is 163 Å². The van der Waals surface area contributed by atoms with E-state index in [0.29, 0.717) is 35.8 Å². The van der Waals surface area contributed by atoms with Crippen LogP contribution in [0.2, 0.25) is 0 Å². The highest BCUT2D eigenvalue weighted by Crippen LogP contribution is 2.27. The molecular formula is C17H23N5O3S2. The molecule has 2 heterocycles. The van der Waals surface area contributed by atoms with E-state index in [1.807, 2.05) is 0 Å². The van der Waals surface area contributed by atoms with Crippen LogP contribution in [0.5, 0.6) is 0 Å². The number of anilines is 1. The molecule has 2 N–H and O–H groups in total. The summed E-state index contributed by atoms with van der Waals surface area (Å²) in [5.74, 6) is 0.678. The third-order valence-electron chi connectivity index (χ3n) is 4.34. The van der Waals surface area contributed by atoms with Crippen LogP contribution in [0.1, 0.15) is 20.3 Å². The molecule has 1 aromatic carbocycles. The zero-order valence-electron chi connectivity index (χ0n) is 15.3. The van der Waals surface area contributed by atoms with Crippen LogP contribution in [-0.2, 0) is 14.8 Å². The molecule has 1 saturated heterocycles. The smallest absolute Gasteiger partial charge is 0.243 e. The summed E-state index contributed by atoms with van der Waals surface area (Å²) in [5.41, 5.74) is 0.553. The number of hydrogen-bond donors (Lipinski definition) is 2. The van der Waals surface area contributed by atoms with Crippen LogP contribution in [-0.4, -0.2) is 52.7 Å². The lowest BCUT2D eigenvalue weighted by Crippen LogP contribution is -2.42. The number of rotatable bonds is 6. The van der Waals surface area contributed by atoms with Crippen LogP contribution >= 0.6 is 11.8 Å². The lowest BCUT2D eigenvalue weighted by Gasteiger charge is -2.34. The molecule has 2 aromatic rings. The van der Waals surface area contributed by atoms with Gasteiger partial charge in [-0.05, 0) is 42.5 Å². The van der Waals surface area contributed by atoms with E-state index >= 15 is 0 Å². The van der Waals surface area contributed by atoms with Crippen molar-refractivity contribution in [2.75, 3.05) is 24.2 Å². The molecule has 1 aromatic heterocycles. The summed E-state index contributed by atoms with van der Waals surface area (Å²) in [6.45, 7) is 5.25. The van der Waals surface area contributed by atoms with E-state index in [0.717, 1.165) is 6.42 Å². The van der Waals surface area contributed by atoms with Crippen molar-refractivity contribution in [3.05, 3.63) is 30.6 Å². The van der Waals surface area contributed by atoms with E-state index in [1.165, 1.54) is 18.1 Å². The van der Waals surface area contributed by atoms with E-state index in [9.17, 15) is 13.2 Å². The zero-order valence-corrected chi connectivity index (χ0v) is 16.9. The largest absolute Gasteiger partial charge is 0.325 e. The summed E-state index contributed by atoms with van der Waals surface area (Å²) in [6, 6.07) is 6.30. The van der Waals surface area contributed by atoms with Crippen molar-refractivity contribution in [3.8, 4) is 0 Å². The van der Waals surface area contributed by atoms with Gasteiger partial charge in [-0.1, -0.05) is 25.6 Å². The summed E-state index contributed by atoms with van der Waals surface area (Å²) >= 11 is 1.24. The fourth-order valence-electron chi connectivity index (χ4n) is 3.26. The first-order chi connectivity index (χ1) is 12.8. The van der Waals surface area contributed by atoms with Gasteiger partial charge in [-0.15, -0.1) is 0 Å². The third-order valence-corrected chi connectivity index (χ3v) is 7.07. The second kappa shape index (κ2) is 8.41. The van der Waals surface area contributed by atoms with E-state index in [4.69, 9.17) is 0 Å². The average molecular weight is 410 g/mol. The number of carbonyl (C=O) groups excluding carboxylic acids is 1. The van der Waals surface area contributed by atoms with Crippen molar-refractivity contribution in [2.45, 2.75) is 30.3 Å². The maximum Gasteiger partial charge on any atom is 0.243 e. The Hall–Kier alpha value is -1.91. The molecule has 0 aliphatic carbocycles. The Bertz CT molecular complexity index is 858. The molecule has 10 heteroatoms. The molecule has 0 saturated carbocycles. The van der Waals surface area contributed by atoms with Crippen molar-refractivity contribution in [1.82, 2.24) is 19.5 Å². The van der Waals surface area contributed by atoms with Gasteiger partial charge in [-0.2, -0.15) is 9.40 Å². The maximum atomic E-state index is 12.9. The first-order valence-corrected chi connectivity index (χ1v) is 11.2. The topological polar surface area (TPSA) is 108 Å². The van der Waals surface area contributed by atoms with Gasteiger partial charge in [0, 0.05) is 18.8 Å². The van der Waals surface area contributed by atoms with Gasteiger partial charge in [0.15, 0.2) is 5.16 Å². The molecule has 146 valence electrons. The number of piperidine rings is 1. The van der Waals surface area contributed by atoms with Crippen molar-refractivity contribution in [3.63, 3.8) is 0 Å². The molecular weight excluding hydrogens is 386 g/mol. The van der Waals surface area contributed by atoms with Gasteiger partial charge >= 0.3 is 0 Å². The van der Waals surface area contributed by atoms with E-state index in [1.54, 1.807) is 28.6 Å². The van der Waals surface area contributed by atoms with Gasteiger partial charge in [0.1, 0.15) is 6.33 Å². The number of benzene rings is 1. The van der Waals surface area contributed by atoms with Crippen molar-refractivity contribution in [2.24, 2.45) is 11.8 Å². The molecule has 0 bridgehead atoms. The highest BCUT2D eigenvalue weighted by atomic mass is 32.2. The zero-order chi connectivity index (χ0) is 19.4. The Morgan fingerprint density at radius 3 is 2.52 bits per heavy atom. The van der Waals surface area contributed by atoms with Crippen LogP contribution in [0.3, 0.4) is 0 Å². The van der Waals surface area contributed by atoms with E-state index in [2.05, 4.69) is 34.3 Å². The highest BCUT2D eigenvalue weighted by molar-refractivity contribution is 7.99. The monoisotopic (exact) mass is 409 g/mol. The van der Waals surface area contributed by atoms with Gasteiger partial charge < -0.3 is 5.32 Å². The minimum atomic E-state index is -3.52. The van der Waals surface area contributed by atoms with Gasteiger partial charge in [-0.25, -0.2) is 13.4 Å². The van der Waals surface area contributed by atoms with Gasteiger partial charge in [0.25, 0.3) is 0 Å². The summed E-state index contributed by atoms with van der Waals surface area (Å²) in [6.07, 6.45) is 2.42. The number of carbonyl (C=O) groups is 1. The van der Waals surface area contributed by atoms with Gasteiger partial charge in [0.05, 0.1) is 10.6 Å².